The molecule has 0 saturated heterocycles. The Morgan fingerprint density at radius 3 is 2.62 bits per heavy atom. The van der Waals surface area contributed by atoms with Crippen molar-refractivity contribution >= 4 is 22.0 Å². The zero-order valence-corrected chi connectivity index (χ0v) is 8.49. The van der Waals surface area contributed by atoms with Crippen LogP contribution < -0.4 is 5.73 Å². The van der Waals surface area contributed by atoms with Crippen LogP contribution in [-0.4, -0.2) is 12.6 Å². The van der Waals surface area contributed by atoms with Gasteiger partial charge in [0.25, 0.3) is 6.02 Å². The first-order valence-electron chi connectivity index (χ1n) is 3.98. The van der Waals surface area contributed by atoms with Gasteiger partial charge in [0.1, 0.15) is 6.10 Å². The maximum Gasteiger partial charge on any atom is 0.282 e. The molecule has 0 fully saturated rings. The minimum absolute atomic E-state index is 0.00639. The van der Waals surface area contributed by atoms with Gasteiger partial charge in [-0.1, -0.05) is 28.1 Å². The van der Waals surface area contributed by atoms with Crippen LogP contribution in [0.15, 0.2) is 33.7 Å². The summed E-state index contributed by atoms with van der Waals surface area (Å²) in [4.78, 5) is 3.98. The number of amidine groups is 1. The number of aliphatic imine (C=N–C) groups is 1. The molecule has 1 aliphatic heterocycles. The lowest BCUT2D eigenvalue weighted by atomic mass is 10.1. The van der Waals surface area contributed by atoms with E-state index in [0.29, 0.717) is 6.54 Å². The Hall–Kier alpha value is -1.03. The Morgan fingerprint density at radius 1 is 1.38 bits per heavy atom. The molecule has 0 spiro atoms. The highest BCUT2D eigenvalue weighted by Gasteiger charge is 2.18. The molecule has 0 bridgehead atoms. The molecule has 1 aromatic rings. The fourth-order valence-corrected chi connectivity index (χ4v) is 1.51. The van der Waals surface area contributed by atoms with Crippen LogP contribution in [-0.2, 0) is 4.74 Å². The van der Waals surface area contributed by atoms with Crippen LogP contribution in [0, 0.1) is 0 Å². The Labute approximate surface area is 84.7 Å². The van der Waals surface area contributed by atoms with Crippen molar-refractivity contribution in [1.82, 2.24) is 0 Å². The molecule has 2 rings (SSSR count). The second kappa shape index (κ2) is 3.38. The number of rotatable bonds is 1. The van der Waals surface area contributed by atoms with Crippen LogP contribution in [0.2, 0.25) is 0 Å². The number of nitrogens with zero attached hydrogens (tertiary/aromatic N) is 1. The zero-order chi connectivity index (χ0) is 9.26. The fourth-order valence-electron chi connectivity index (χ4n) is 1.24. The van der Waals surface area contributed by atoms with Gasteiger partial charge < -0.3 is 10.5 Å². The first kappa shape index (κ1) is 8.56. The summed E-state index contributed by atoms with van der Waals surface area (Å²) in [6.07, 6.45) is -0.00639. The molecular formula is C9H9BrN2O. The van der Waals surface area contributed by atoms with Crippen molar-refractivity contribution < 1.29 is 4.74 Å². The van der Waals surface area contributed by atoms with Crippen LogP contribution in [0.4, 0.5) is 0 Å². The van der Waals surface area contributed by atoms with Crippen molar-refractivity contribution in [1.29, 1.82) is 0 Å². The molecule has 0 saturated carbocycles. The van der Waals surface area contributed by atoms with E-state index in [0.717, 1.165) is 10.0 Å². The highest BCUT2D eigenvalue weighted by atomic mass is 79.9. The quantitative estimate of drug-likeness (QED) is 0.815. The average molecular weight is 241 g/mol. The summed E-state index contributed by atoms with van der Waals surface area (Å²) in [6, 6.07) is 8.25. The molecule has 1 atom stereocenters. The Bertz CT molecular complexity index is 334. The van der Waals surface area contributed by atoms with Crippen LogP contribution in [0.5, 0.6) is 0 Å². The van der Waals surface area contributed by atoms with Crippen LogP contribution in [0.1, 0.15) is 11.7 Å². The summed E-state index contributed by atoms with van der Waals surface area (Å²) in [5.74, 6) is 0. The number of halogens is 1. The number of hydrogen-bond acceptors (Lipinski definition) is 3. The minimum atomic E-state index is -0.00639. The topological polar surface area (TPSA) is 47.6 Å². The van der Waals surface area contributed by atoms with Crippen molar-refractivity contribution in [3.8, 4) is 0 Å². The molecule has 0 aliphatic carbocycles. The van der Waals surface area contributed by atoms with Crippen molar-refractivity contribution in [2.24, 2.45) is 10.7 Å². The van der Waals surface area contributed by atoms with E-state index in [2.05, 4.69) is 20.9 Å². The molecule has 13 heavy (non-hydrogen) atoms. The summed E-state index contributed by atoms with van der Waals surface area (Å²) in [6.45, 7) is 0.619. The van der Waals surface area contributed by atoms with E-state index >= 15 is 0 Å². The highest BCUT2D eigenvalue weighted by Crippen LogP contribution is 2.23. The van der Waals surface area contributed by atoms with E-state index in [1.807, 2.05) is 24.3 Å². The lowest BCUT2D eigenvalue weighted by Crippen LogP contribution is -2.12. The van der Waals surface area contributed by atoms with E-state index < -0.39 is 0 Å². The van der Waals surface area contributed by atoms with Gasteiger partial charge in [-0.25, -0.2) is 4.99 Å². The molecule has 68 valence electrons. The predicted octanol–water partition coefficient (Wildman–Crippen LogP) is 1.84. The standard InChI is InChI=1S/C9H9BrN2O/c10-7-3-1-6(2-4-7)8-5-12-9(11)13-8/h1-4,8H,5H2,(H2,11,12)/t8-/m0/s1. The largest absolute Gasteiger partial charge is 0.455 e. The lowest BCUT2D eigenvalue weighted by molar-refractivity contribution is 0.226. The molecule has 2 N–H and O–H groups in total. The molecule has 0 aromatic heterocycles. The molecular weight excluding hydrogens is 232 g/mol. The maximum atomic E-state index is 5.41. The Kier molecular flexibility index (Phi) is 2.22. The first-order chi connectivity index (χ1) is 6.25. The van der Waals surface area contributed by atoms with E-state index in [1.165, 1.54) is 0 Å². The van der Waals surface area contributed by atoms with Crippen LogP contribution in [0.3, 0.4) is 0 Å². The normalized spacial score (nSPS) is 21.0. The number of ether oxygens (including phenoxy) is 1. The third kappa shape index (κ3) is 1.83. The van der Waals surface area contributed by atoms with Crippen LogP contribution in [0.25, 0.3) is 0 Å². The number of nitrogens with two attached hydrogens (primary N) is 1. The third-order valence-corrected chi connectivity index (χ3v) is 2.45. The van der Waals surface area contributed by atoms with E-state index in [-0.39, 0.29) is 12.1 Å². The summed E-state index contributed by atoms with van der Waals surface area (Å²) in [5, 5.41) is 0. The molecule has 1 heterocycles. The van der Waals surface area contributed by atoms with Crippen LogP contribution >= 0.6 is 15.9 Å². The number of hydrogen-bond donors (Lipinski definition) is 1. The summed E-state index contributed by atoms with van der Waals surface area (Å²) < 4.78 is 6.36. The molecule has 3 nitrogen and oxygen atoms in total. The average Bonchev–Trinajstić information content (AvgIpc) is 2.53. The lowest BCUT2D eigenvalue weighted by Gasteiger charge is -2.09. The first-order valence-corrected chi connectivity index (χ1v) is 4.77. The van der Waals surface area contributed by atoms with Crippen molar-refractivity contribution in [3.05, 3.63) is 34.3 Å². The Balaban J connectivity index is 2.14. The zero-order valence-electron chi connectivity index (χ0n) is 6.90. The second-order valence-corrected chi connectivity index (χ2v) is 3.75. The van der Waals surface area contributed by atoms with Crippen molar-refractivity contribution in [2.45, 2.75) is 6.10 Å². The van der Waals surface area contributed by atoms with E-state index in [1.54, 1.807) is 0 Å². The van der Waals surface area contributed by atoms with E-state index in [9.17, 15) is 0 Å². The Morgan fingerprint density at radius 2 is 2.08 bits per heavy atom. The van der Waals surface area contributed by atoms with Gasteiger partial charge in [0.2, 0.25) is 0 Å². The van der Waals surface area contributed by atoms with E-state index in [4.69, 9.17) is 10.5 Å². The smallest absolute Gasteiger partial charge is 0.282 e. The SMILES string of the molecule is NC1=NC[C@@H](c2ccc(Br)cc2)O1. The molecule has 0 radical (unpaired) electrons. The summed E-state index contributed by atoms with van der Waals surface area (Å²) in [5.41, 5.74) is 6.51. The summed E-state index contributed by atoms with van der Waals surface area (Å²) in [7, 11) is 0. The molecule has 1 aromatic carbocycles. The minimum Gasteiger partial charge on any atom is -0.455 e. The van der Waals surface area contributed by atoms with Crippen molar-refractivity contribution in [2.75, 3.05) is 6.54 Å². The fraction of sp³-hybridized carbons (Fsp3) is 0.222. The van der Waals surface area contributed by atoms with Gasteiger partial charge >= 0.3 is 0 Å². The van der Waals surface area contributed by atoms with Gasteiger partial charge in [-0.2, -0.15) is 0 Å². The van der Waals surface area contributed by atoms with Gasteiger partial charge in [0, 0.05) is 4.47 Å². The molecule has 0 unspecified atom stereocenters. The third-order valence-electron chi connectivity index (χ3n) is 1.92. The molecule has 1 aliphatic rings. The van der Waals surface area contributed by atoms with Gasteiger partial charge in [-0.3, -0.25) is 0 Å². The molecule has 0 amide bonds. The van der Waals surface area contributed by atoms with Crippen molar-refractivity contribution in [3.63, 3.8) is 0 Å². The second-order valence-electron chi connectivity index (χ2n) is 2.84. The molecule has 4 heteroatoms. The maximum absolute atomic E-state index is 5.41. The summed E-state index contributed by atoms with van der Waals surface area (Å²) >= 11 is 3.37. The highest BCUT2D eigenvalue weighted by molar-refractivity contribution is 9.10. The van der Waals surface area contributed by atoms with Gasteiger partial charge in [-0.05, 0) is 17.7 Å². The van der Waals surface area contributed by atoms with Gasteiger partial charge in [-0.15, -0.1) is 0 Å². The van der Waals surface area contributed by atoms with Gasteiger partial charge in [0.15, 0.2) is 0 Å². The predicted molar refractivity (Wildman–Crippen MR) is 54.5 cm³/mol. The van der Waals surface area contributed by atoms with Gasteiger partial charge in [0.05, 0.1) is 6.54 Å². The number of benzene rings is 1. The monoisotopic (exact) mass is 240 g/mol.